The van der Waals surface area contributed by atoms with Gasteiger partial charge in [-0.3, -0.25) is 14.4 Å². The van der Waals surface area contributed by atoms with Gasteiger partial charge in [-0.05, 0) is 25.3 Å². The summed E-state index contributed by atoms with van der Waals surface area (Å²) in [5.41, 5.74) is 0.809. The molecule has 38 heavy (non-hydrogen) atoms. The molecule has 10 nitrogen and oxygen atoms in total. The third kappa shape index (κ3) is 7.85. The fraction of sp³-hybridized carbons (Fsp3) is 0.464. The predicted molar refractivity (Wildman–Crippen MR) is 139 cm³/mol. The topological polar surface area (TPSA) is 139 Å². The van der Waals surface area contributed by atoms with Crippen LogP contribution in [0.5, 0.6) is 0 Å². The molecule has 0 aliphatic carbocycles. The molecule has 2 aliphatic heterocycles. The molecule has 0 unspecified atom stereocenters. The predicted octanol–water partition coefficient (Wildman–Crippen LogP) is 2.66. The Hall–Kier alpha value is -3.79. The van der Waals surface area contributed by atoms with E-state index in [1.807, 2.05) is 20.8 Å². The van der Waals surface area contributed by atoms with Crippen LogP contribution in [0.15, 0.2) is 58.4 Å². The molecular weight excluding hydrogens is 490 g/mol. The van der Waals surface area contributed by atoms with Crippen LogP contribution >= 0.6 is 0 Å². The quantitative estimate of drug-likeness (QED) is 0.534. The number of cyclic esters (lactones) is 1. The molecule has 2 amide bonds. The summed E-state index contributed by atoms with van der Waals surface area (Å²) >= 11 is 0. The smallest absolute Gasteiger partial charge is 0.355 e. The Morgan fingerprint density at radius 1 is 1.18 bits per heavy atom. The van der Waals surface area contributed by atoms with Crippen LogP contribution in [0.3, 0.4) is 0 Å². The van der Waals surface area contributed by atoms with Crippen molar-refractivity contribution in [3.05, 3.63) is 65.6 Å². The Morgan fingerprint density at radius 2 is 1.95 bits per heavy atom. The van der Waals surface area contributed by atoms with E-state index in [2.05, 4.69) is 10.3 Å². The van der Waals surface area contributed by atoms with Crippen molar-refractivity contribution in [2.75, 3.05) is 13.1 Å². The number of amides is 2. The zero-order valence-electron chi connectivity index (χ0n) is 22.2. The maximum atomic E-state index is 13.1. The van der Waals surface area contributed by atoms with Gasteiger partial charge in [0.1, 0.15) is 23.8 Å². The Labute approximate surface area is 222 Å². The van der Waals surface area contributed by atoms with Gasteiger partial charge in [-0.1, -0.05) is 56.7 Å². The van der Waals surface area contributed by atoms with Crippen LogP contribution in [0.4, 0.5) is 0 Å². The van der Waals surface area contributed by atoms with Crippen molar-refractivity contribution in [2.45, 2.75) is 59.2 Å². The number of aliphatic hydroxyl groups excluding tert-OH is 1. The second-order valence-electron chi connectivity index (χ2n) is 9.84. The fourth-order valence-corrected chi connectivity index (χ4v) is 4.33. The van der Waals surface area contributed by atoms with Crippen LogP contribution in [0.2, 0.25) is 0 Å². The molecule has 0 spiro atoms. The number of hydrogen-bond acceptors (Lipinski definition) is 8. The number of rotatable bonds is 1. The number of carbonyl (C=O) groups is 4. The highest BCUT2D eigenvalue weighted by atomic mass is 16.5. The van der Waals surface area contributed by atoms with E-state index in [4.69, 9.17) is 9.15 Å². The molecule has 2 N–H and O–H groups in total. The summed E-state index contributed by atoms with van der Waals surface area (Å²) in [4.78, 5) is 56.3. The monoisotopic (exact) mass is 525 g/mol. The van der Waals surface area contributed by atoms with Crippen LogP contribution in [0, 0.1) is 11.8 Å². The molecule has 0 saturated carbocycles. The minimum Gasteiger partial charge on any atom is -0.457 e. The first kappa shape index (κ1) is 28.8. The van der Waals surface area contributed by atoms with Gasteiger partial charge in [0, 0.05) is 25.4 Å². The molecule has 1 aromatic heterocycles. The lowest BCUT2D eigenvalue weighted by molar-refractivity contribution is -0.149. The van der Waals surface area contributed by atoms with Gasteiger partial charge in [0.25, 0.3) is 5.91 Å². The minimum absolute atomic E-state index is 0.0315. The third-order valence-corrected chi connectivity index (χ3v) is 6.19. The zero-order valence-corrected chi connectivity index (χ0v) is 22.2. The van der Waals surface area contributed by atoms with Crippen molar-refractivity contribution in [2.24, 2.45) is 11.8 Å². The van der Waals surface area contributed by atoms with E-state index in [-0.39, 0.29) is 66.7 Å². The Morgan fingerprint density at radius 3 is 2.68 bits per heavy atom. The first-order chi connectivity index (χ1) is 18.0. The SMILES string of the molecule is CC1=C\[C@@H](O)CC(=O)Cc2nc(co2)C(=O)N2CCC=C2C(=O)O[C@@H](C(C)C)[C@@H](C)/C=C/C(=O)NC\C=C\1. The van der Waals surface area contributed by atoms with Gasteiger partial charge in [-0.15, -0.1) is 0 Å². The second-order valence-corrected chi connectivity index (χ2v) is 9.84. The molecule has 204 valence electrons. The van der Waals surface area contributed by atoms with E-state index in [0.29, 0.717) is 6.42 Å². The number of oxazole rings is 1. The standard InChI is InChI=1S/C28H35N3O7/c1-17(2)26-19(4)9-10-24(34)29-11-5-7-18(3)13-20(32)14-21(33)15-25-30-22(16-37-25)27(35)31-12-6-8-23(31)28(36)38-26/h5,7-10,13,16-17,19-20,26,32H,6,11-12,14-15H2,1-4H3,(H,29,34)/b7-5+,10-9+,18-13+/t19-,20+,26-/m0/s1. The van der Waals surface area contributed by atoms with E-state index in [1.54, 1.807) is 37.3 Å². The van der Waals surface area contributed by atoms with Crippen molar-refractivity contribution < 1.29 is 33.4 Å². The normalized spacial score (nSPS) is 27.6. The molecule has 0 aromatic carbocycles. The molecule has 2 bridgehead atoms. The number of esters is 1. The number of fused-ring (bicyclic) bond motifs is 3. The van der Waals surface area contributed by atoms with Crippen LogP contribution < -0.4 is 5.32 Å². The number of ketones is 1. The molecule has 0 saturated heterocycles. The van der Waals surface area contributed by atoms with Gasteiger partial charge >= 0.3 is 5.97 Å². The van der Waals surface area contributed by atoms with E-state index < -0.39 is 24.1 Å². The fourth-order valence-electron chi connectivity index (χ4n) is 4.33. The summed E-state index contributed by atoms with van der Waals surface area (Å²) in [7, 11) is 0. The molecule has 0 fully saturated rings. The van der Waals surface area contributed by atoms with Gasteiger partial charge in [0.05, 0.1) is 12.5 Å². The molecule has 3 rings (SSSR count). The largest absolute Gasteiger partial charge is 0.457 e. The highest BCUT2D eigenvalue weighted by Gasteiger charge is 2.33. The molecule has 3 heterocycles. The molecule has 1 aromatic rings. The Kier molecular flexibility index (Phi) is 9.95. The summed E-state index contributed by atoms with van der Waals surface area (Å²) in [5, 5.41) is 13.0. The van der Waals surface area contributed by atoms with Gasteiger partial charge in [-0.2, -0.15) is 0 Å². The lowest BCUT2D eigenvalue weighted by Crippen LogP contribution is -2.36. The number of nitrogens with zero attached hydrogens (tertiary/aromatic N) is 2. The highest BCUT2D eigenvalue weighted by molar-refractivity contribution is 6.00. The summed E-state index contributed by atoms with van der Waals surface area (Å²) in [6, 6.07) is 0. The summed E-state index contributed by atoms with van der Waals surface area (Å²) in [6.07, 6.45) is 9.48. The van der Waals surface area contributed by atoms with Crippen molar-refractivity contribution in [3.63, 3.8) is 0 Å². The number of hydrogen-bond donors (Lipinski definition) is 2. The number of aliphatic hydroxyl groups is 1. The molecule has 3 atom stereocenters. The van der Waals surface area contributed by atoms with Gasteiger partial charge in [-0.25, -0.2) is 9.78 Å². The van der Waals surface area contributed by atoms with Crippen LogP contribution in [-0.4, -0.2) is 63.9 Å². The van der Waals surface area contributed by atoms with Gasteiger partial charge < -0.3 is 24.5 Å². The van der Waals surface area contributed by atoms with Crippen molar-refractivity contribution in [1.29, 1.82) is 0 Å². The number of carbonyl (C=O) groups excluding carboxylic acids is 4. The van der Waals surface area contributed by atoms with Crippen molar-refractivity contribution in [1.82, 2.24) is 15.2 Å². The van der Waals surface area contributed by atoms with Crippen LogP contribution in [-0.2, 0) is 25.5 Å². The van der Waals surface area contributed by atoms with E-state index in [1.165, 1.54) is 11.0 Å². The van der Waals surface area contributed by atoms with Gasteiger partial charge in [0.15, 0.2) is 5.69 Å². The lowest BCUT2D eigenvalue weighted by Gasteiger charge is -2.27. The molecule has 2 aliphatic rings. The maximum absolute atomic E-state index is 13.1. The summed E-state index contributed by atoms with van der Waals surface area (Å²) in [6.45, 7) is 8.00. The first-order valence-corrected chi connectivity index (χ1v) is 12.7. The first-order valence-electron chi connectivity index (χ1n) is 12.7. The number of aromatic nitrogens is 1. The van der Waals surface area contributed by atoms with E-state index in [0.717, 1.165) is 11.8 Å². The van der Waals surface area contributed by atoms with E-state index in [9.17, 15) is 24.3 Å². The minimum atomic E-state index is -1.01. The average Bonchev–Trinajstić information content (AvgIpc) is 3.52. The number of allylic oxidation sites excluding steroid dienone is 2. The number of Topliss-reactive ketones (excluding diaryl/α,β-unsaturated/α-hetero) is 1. The lowest BCUT2D eigenvalue weighted by atomic mass is 9.94. The zero-order chi connectivity index (χ0) is 27.8. The van der Waals surface area contributed by atoms with Crippen LogP contribution in [0.25, 0.3) is 0 Å². The van der Waals surface area contributed by atoms with Crippen molar-refractivity contribution >= 4 is 23.6 Å². The molecule has 0 radical (unpaired) electrons. The number of nitrogens with one attached hydrogen (secondary N) is 1. The molecular formula is C28H35N3O7. The van der Waals surface area contributed by atoms with Crippen molar-refractivity contribution in [3.8, 4) is 0 Å². The third-order valence-electron chi connectivity index (χ3n) is 6.19. The van der Waals surface area contributed by atoms with E-state index >= 15 is 0 Å². The maximum Gasteiger partial charge on any atom is 0.355 e. The van der Waals surface area contributed by atoms with Crippen LogP contribution in [0.1, 0.15) is 56.9 Å². The summed E-state index contributed by atoms with van der Waals surface area (Å²) < 4.78 is 11.1. The van der Waals surface area contributed by atoms with Gasteiger partial charge in [0.2, 0.25) is 11.8 Å². The Bertz CT molecular complexity index is 1170. The summed E-state index contributed by atoms with van der Waals surface area (Å²) in [5.74, 6) is -2.07. The molecule has 10 heteroatoms. The average molecular weight is 526 g/mol. The Balaban J connectivity index is 1.86. The number of ether oxygens (including phenoxy) is 1. The second kappa shape index (κ2) is 13.1. The highest BCUT2D eigenvalue weighted by Crippen LogP contribution is 2.24.